The molecule has 1 aliphatic carbocycles. The molecule has 2 rings (SSSR count). The normalized spacial score (nSPS) is 25.3. The summed E-state index contributed by atoms with van der Waals surface area (Å²) in [5.74, 6) is 0.844. The molecule has 6 heteroatoms. The molecule has 4 N–H and O–H groups in total. The molecule has 0 aliphatic heterocycles. The van der Waals surface area contributed by atoms with Crippen molar-refractivity contribution < 1.29 is 4.79 Å². The van der Waals surface area contributed by atoms with E-state index in [4.69, 9.17) is 5.73 Å². The van der Waals surface area contributed by atoms with Crippen molar-refractivity contribution in [1.29, 1.82) is 0 Å². The molecular weight excluding hydrogens is 206 g/mol. The Morgan fingerprint density at radius 3 is 2.69 bits per heavy atom. The Balaban J connectivity index is 1.88. The highest BCUT2D eigenvalue weighted by atomic mass is 16.2. The van der Waals surface area contributed by atoms with Gasteiger partial charge < -0.3 is 11.1 Å². The number of carbonyl (C=O) groups excluding carboxylic acids is 1. The number of H-pyrrole nitrogens is 1. The van der Waals surface area contributed by atoms with Crippen molar-refractivity contribution in [2.24, 2.45) is 5.92 Å². The SMILES string of the molecule is CC1CCC(NC(=O)c2nc(N)n[nH]2)CC1. The molecule has 1 heterocycles. The van der Waals surface area contributed by atoms with E-state index in [-0.39, 0.29) is 23.7 Å². The number of rotatable bonds is 2. The van der Waals surface area contributed by atoms with Crippen molar-refractivity contribution in [3.05, 3.63) is 5.82 Å². The fourth-order valence-corrected chi connectivity index (χ4v) is 2.03. The average molecular weight is 223 g/mol. The minimum absolute atomic E-state index is 0.0995. The lowest BCUT2D eigenvalue weighted by atomic mass is 9.87. The van der Waals surface area contributed by atoms with Crippen LogP contribution < -0.4 is 11.1 Å². The summed E-state index contributed by atoms with van der Waals surface area (Å²) in [6.45, 7) is 2.25. The van der Waals surface area contributed by atoms with Crippen LogP contribution in [0.3, 0.4) is 0 Å². The van der Waals surface area contributed by atoms with Gasteiger partial charge in [-0.25, -0.2) is 0 Å². The minimum atomic E-state index is -0.219. The molecule has 1 fully saturated rings. The molecule has 0 unspecified atom stereocenters. The number of aromatic nitrogens is 3. The van der Waals surface area contributed by atoms with Gasteiger partial charge in [0.25, 0.3) is 5.91 Å². The number of nitrogens with one attached hydrogen (secondary N) is 2. The summed E-state index contributed by atoms with van der Waals surface area (Å²) in [5, 5.41) is 9.07. The van der Waals surface area contributed by atoms with E-state index >= 15 is 0 Å². The second-order valence-corrected chi connectivity index (χ2v) is 4.47. The van der Waals surface area contributed by atoms with Crippen LogP contribution in [-0.4, -0.2) is 27.1 Å². The van der Waals surface area contributed by atoms with Gasteiger partial charge in [0.05, 0.1) is 0 Å². The van der Waals surface area contributed by atoms with Crippen LogP contribution in [0.15, 0.2) is 0 Å². The molecule has 0 saturated heterocycles. The zero-order chi connectivity index (χ0) is 11.5. The Hall–Kier alpha value is -1.59. The van der Waals surface area contributed by atoms with Crippen LogP contribution in [0, 0.1) is 5.92 Å². The first-order chi connectivity index (χ1) is 7.65. The van der Waals surface area contributed by atoms with E-state index in [2.05, 4.69) is 27.4 Å². The molecule has 88 valence electrons. The Morgan fingerprint density at radius 1 is 1.44 bits per heavy atom. The van der Waals surface area contributed by atoms with Gasteiger partial charge in [0.15, 0.2) is 0 Å². The quantitative estimate of drug-likeness (QED) is 0.687. The van der Waals surface area contributed by atoms with Crippen molar-refractivity contribution >= 4 is 11.9 Å². The lowest BCUT2D eigenvalue weighted by molar-refractivity contribution is 0.0913. The van der Waals surface area contributed by atoms with Crippen molar-refractivity contribution in [1.82, 2.24) is 20.5 Å². The molecule has 0 bridgehead atoms. The molecule has 1 aliphatic rings. The molecule has 0 spiro atoms. The van der Waals surface area contributed by atoms with Gasteiger partial charge in [0.2, 0.25) is 11.8 Å². The third-order valence-electron chi connectivity index (χ3n) is 3.07. The van der Waals surface area contributed by atoms with Gasteiger partial charge in [0.1, 0.15) is 0 Å². The maximum absolute atomic E-state index is 11.7. The summed E-state index contributed by atoms with van der Waals surface area (Å²) in [6.07, 6.45) is 4.42. The van der Waals surface area contributed by atoms with E-state index in [0.29, 0.717) is 0 Å². The zero-order valence-electron chi connectivity index (χ0n) is 9.36. The molecule has 16 heavy (non-hydrogen) atoms. The van der Waals surface area contributed by atoms with Gasteiger partial charge in [-0.15, -0.1) is 5.10 Å². The van der Waals surface area contributed by atoms with E-state index in [1.807, 2.05) is 0 Å². The molecule has 1 aromatic rings. The van der Waals surface area contributed by atoms with Crippen LogP contribution >= 0.6 is 0 Å². The second kappa shape index (κ2) is 4.51. The number of amides is 1. The highest BCUT2D eigenvalue weighted by Gasteiger charge is 2.21. The van der Waals surface area contributed by atoms with Crippen LogP contribution in [0.4, 0.5) is 5.95 Å². The van der Waals surface area contributed by atoms with Crippen molar-refractivity contribution in [2.45, 2.75) is 38.6 Å². The summed E-state index contributed by atoms with van der Waals surface area (Å²) >= 11 is 0. The van der Waals surface area contributed by atoms with E-state index in [9.17, 15) is 4.79 Å². The van der Waals surface area contributed by atoms with Crippen molar-refractivity contribution in [3.63, 3.8) is 0 Å². The van der Waals surface area contributed by atoms with Crippen LogP contribution in [0.2, 0.25) is 0 Å². The predicted molar refractivity (Wildman–Crippen MR) is 59.7 cm³/mol. The number of aromatic amines is 1. The van der Waals surface area contributed by atoms with Crippen LogP contribution in [0.25, 0.3) is 0 Å². The fraction of sp³-hybridized carbons (Fsp3) is 0.700. The molecule has 1 saturated carbocycles. The number of carbonyl (C=O) groups is 1. The van der Waals surface area contributed by atoms with E-state index in [0.717, 1.165) is 18.8 Å². The van der Waals surface area contributed by atoms with Gasteiger partial charge in [-0.1, -0.05) is 6.92 Å². The van der Waals surface area contributed by atoms with Crippen molar-refractivity contribution in [3.8, 4) is 0 Å². The third kappa shape index (κ3) is 2.50. The number of hydrogen-bond donors (Lipinski definition) is 3. The maximum Gasteiger partial charge on any atom is 0.288 e. The molecule has 1 amide bonds. The van der Waals surface area contributed by atoms with E-state index < -0.39 is 0 Å². The highest BCUT2D eigenvalue weighted by Crippen LogP contribution is 2.23. The number of nitrogens with zero attached hydrogens (tertiary/aromatic N) is 2. The number of nitrogen functional groups attached to an aromatic ring is 1. The first-order valence-electron chi connectivity index (χ1n) is 5.64. The molecule has 6 nitrogen and oxygen atoms in total. The molecular formula is C10H17N5O. The third-order valence-corrected chi connectivity index (χ3v) is 3.07. The minimum Gasteiger partial charge on any atom is -0.366 e. The summed E-state index contributed by atoms with van der Waals surface area (Å²) in [7, 11) is 0. The summed E-state index contributed by atoms with van der Waals surface area (Å²) in [6, 6.07) is 0.259. The Kier molecular flexibility index (Phi) is 3.07. The number of nitrogens with two attached hydrogens (primary N) is 1. The monoisotopic (exact) mass is 223 g/mol. The molecule has 0 atom stereocenters. The summed E-state index contributed by atoms with van der Waals surface area (Å²) < 4.78 is 0. The molecule has 1 aromatic heterocycles. The van der Waals surface area contributed by atoms with Gasteiger partial charge in [-0.05, 0) is 31.6 Å². The maximum atomic E-state index is 11.7. The number of anilines is 1. The van der Waals surface area contributed by atoms with Crippen LogP contribution in [0.5, 0.6) is 0 Å². The van der Waals surface area contributed by atoms with E-state index in [1.165, 1.54) is 12.8 Å². The highest BCUT2D eigenvalue weighted by molar-refractivity contribution is 5.90. The first kappa shape index (κ1) is 10.9. The lowest BCUT2D eigenvalue weighted by Crippen LogP contribution is -2.37. The standard InChI is InChI=1S/C10H17N5O/c1-6-2-4-7(5-3-6)12-9(16)8-13-10(11)15-14-8/h6-7H,2-5H2,1H3,(H,12,16)(H3,11,13,14,15). The Morgan fingerprint density at radius 2 is 2.12 bits per heavy atom. The summed E-state index contributed by atoms with van der Waals surface area (Å²) in [5.41, 5.74) is 5.33. The van der Waals surface area contributed by atoms with Crippen molar-refractivity contribution in [2.75, 3.05) is 5.73 Å². The molecule has 0 radical (unpaired) electrons. The van der Waals surface area contributed by atoms with Gasteiger partial charge in [-0.2, -0.15) is 4.98 Å². The Bertz CT molecular complexity index is 367. The topological polar surface area (TPSA) is 96.7 Å². The predicted octanol–water partition coefficient (Wildman–Crippen LogP) is 0.695. The average Bonchev–Trinajstić information content (AvgIpc) is 2.68. The smallest absolute Gasteiger partial charge is 0.288 e. The number of hydrogen-bond acceptors (Lipinski definition) is 4. The lowest BCUT2D eigenvalue weighted by Gasteiger charge is -2.26. The second-order valence-electron chi connectivity index (χ2n) is 4.47. The van der Waals surface area contributed by atoms with Gasteiger partial charge in [0, 0.05) is 6.04 Å². The van der Waals surface area contributed by atoms with Gasteiger partial charge in [-0.3, -0.25) is 9.89 Å². The van der Waals surface area contributed by atoms with E-state index in [1.54, 1.807) is 0 Å². The van der Waals surface area contributed by atoms with Crippen LogP contribution in [-0.2, 0) is 0 Å². The summed E-state index contributed by atoms with van der Waals surface area (Å²) in [4.78, 5) is 15.5. The molecule has 0 aromatic carbocycles. The largest absolute Gasteiger partial charge is 0.366 e. The van der Waals surface area contributed by atoms with Gasteiger partial charge >= 0.3 is 0 Å². The zero-order valence-corrected chi connectivity index (χ0v) is 9.36. The first-order valence-corrected chi connectivity index (χ1v) is 5.64. The Labute approximate surface area is 94.0 Å². The van der Waals surface area contributed by atoms with Crippen LogP contribution in [0.1, 0.15) is 43.2 Å². The fourth-order valence-electron chi connectivity index (χ4n) is 2.03.